The Labute approximate surface area is 255 Å². The smallest absolute Gasteiger partial charge is 0.196 e. The fourth-order valence-electron chi connectivity index (χ4n) is 6.26. The van der Waals surface area contributed by atoms with Gasteiger partial charge < -0.3 is 0 Å². The zero-order valence-electron chi connectivity index (χ0n) is 22.8. The van der Waals surface area contributed by atoms with Gasteiger partial charge in [0.05, 0.1) is 17.3 Å². The maximum Gasteiger partial charge on any atom is 0.196 e. The van der Waals surface area contributed by atoms with E-state index in [9.17, 15) is 0 Å². The minimum Gasteiger partial charge on any atom is -0.291 e. The second kappa shape index (κ2) is 10.4. The molecule has 204 valence electrons. The van der Waals surface area contributed by atoms with Gasteiger partial charge in [0.15, 0.2) is 11.3 Å². The van der Waals surface area contributed by atoms with E-state index in [4.69, 9.17) is 28.3 Å². The molecule has 0 bridgehead atoms. The van der Waals surface area contributed by atoms with Crippen LogP contribution in [0.5, 0.6) is 0 Å². The minimum atomic E-state index is -1.16. The molecule has 7 rings (SSSR count). The predicted octanol–water partition coefficient (Wildman–Crippen LogP) is 9.33. The van der Waals surface area contributed by atoms with Crippen LogP contribution in [-0.4, -0.2) is 11.5 Å². The van der Waals surface area contributed by atoms with Gasteiger partial charge in [-0.25, -0.2) is 5.01 Å². The number of hydrazone groups is 1. The van der Waals surface area contributed by atoms with Crippen LogP contribution in [0.4, 0.5) is 5.69 Å². The normalized spacial score (nSPS) is 20.3. The van der Waals surface area contributed by atoms with Gasteiger partial charge in [-0.3, -0.25) is 4.79 Å². The van der Waals surface area contributed by atoms with Crippen molar-refractivity contribution in [2.75, 3.05) is 5.01 Å². The van der Waals surface area contributed by atoms with Crippen molar-refractivity contribution in [2.24, 2.45) is 5.10 Å². The average molecular weight is 586 g/mol. The van der Waals surface area contributed by atoms with E-state index in [2.05, 4.69) is 37.3 Å². The highest BCUT2D eigenvalue weighted by atomic mass is 35.5. The van der Waals surface area contributed by atoms with Gasteiger partial charge in [0.2, 0.25) is 0 Å². The van der Waals surface area contributed by atoms with Gasteiger partial charge in [-0.05, 0) is 77.2 Å². The molecule has 2 aliphatic rings. The van der Waals surface area contributed by atoms with E-state index in [1.807, 2.05) is 108 Å². The van der Waals surface area contributed by atoms with E-state index in [1.54, 1.807) is 0 Å². The second-order valence-electron chi connectivity index (χ2n) is 10.7. The topological polar surface area (TPSA) is 32.7 Å². The van der Waals surface area contributed by atoms with E-state index >= 15 is 4.79 Å². The molecule has 1 spiro atoms. The number of rotatable bonds is 4. The van der Waals surface area contributed by atoms with Gasteiger partial charge in [-0.15, -0.1) is 0 Å². The Kier molecular flexibility index (Phi) is 6.57. The molecule has 5 aromatic rings. The van der Waals surface area contributed by atoms with Gasteiger partial charge in [0, 0.05) is 15.6 Å². The molecule has 1 heterocycles. The molecule has 5 aromatic carbocycles. The average Bonchev–Trinajstić information content (AvgIpc) is 3.49. The second-order valence-corrected chi connectivity index (χ2v) is 11.6. The van der Waals surface area contributed by atoms with E-state index < -0.39 is 11.5 Å². The van der Waals surface area contributed by atoms with Gasteiger partial charge in [0.25, 0.3) is 0 Å². The van der Waals surface area contributed by atoms with E-state index in [0.29, 0.717) is 15.6 Å². The lowest BCUT2D eigenvalue weighted by Crippen LogP contribution is -2.49. The van der Waals surface area contributed by atoms with Crippen molar-refractivity contribution in [3.8, 4) is 0 Å². The first-order valence-corrected chi connectivity index (χ1v) is 14.6. The Morgan fingerprint density at radius 1 is 0.738 bits per heavy atom. The van der Waals surface area contributed by atoms with Gasteiger partial charge in [-0.2, -0.15) is 5.10 Å². The van der Waals surface area contributed by atoms with Crippen molar-refractivity contribution in [1.82, 2.24) is 0 Å². The number of benzene rings is 5. The van der Waals surface area contributed by atoms with Crippen LogP contribution in [0.25, 0.3) is 11.6 Å². The molecule has 0 saturated heterocycles. The third-order valence-electron chi connectivity index (χ3n) is 8.18. The maximum absolute atomic E-state index is 15.3. The summed E-state index contributed by atoms with van der Waals surface area (Å²) in [5.74, 6) is -0.421. The predicted molar refractivity (Wildman–Crippen MR) is 173 cm³/mol. The number of Topliss-reactive ketones (excluding diaryl/α,β-unsaturated/α-hetero) is 1. The zero-order chi connectivity index (χ0) is 28.8. The summed E-state index contributed by atoms with van der Waals surface area (Å²) >= 11 is 12.6. The van der Waals surface area contributed by atoms with Crippen molar-refractivity contribution in [3.63, 3.8) is 0 Å². The van der Waals surface area contributed by atoms with Crippen LogP contribution in [0.2, 0.25) is 10.0 Å². The van der Waals surface area contributed by atoms with Crippen molar-refractivity contribution < 1.29 is 4.79 Å². The van der Waals surface area contributed by atoms with E-state index in [0.717, 1.165) is 44.8 Å². The monoisotopic (exact) mass is 584 g/mol. The SMILES string of the molecule is Cc1ccc(C2=NN(c3ccccc3)[C@]3(C(=O)/C(=C/c4ccc(Cl)cc4)c4ccccc43)[C@@H]2c2ccc(Cl)cc2)cc1. The number of carbonyl (C=O) groups excluding carboxylic acids is 1. The van der Waals surface area contributed by atoms with Crippen LogP contribution in [0, 0.1) is 6.92 Å². The molecule has 1 aliphatic heterocycles. The Bertz CT molecular complexity index is 1860. The number of carbonyl (C=O) groups is 1. The number of halogens is 2. The lowest BCUT2D eigenvalue weighted by Gasteiger charge is -2.38. The Hall–Kier alpha value is -4.44. The highest BCUT2D eigenvalue weighted by Gasteiger charge is 2.63. The molecule has 0 amide bonds. The summed E-state index contributed by atoms with van der Waals surface area (Å²) in [7, 11) is 0. The summed E-state index contributed by atoms with van der Waals surface area (Å²) in [6.07, 6.45) is 1.97. The molecule has 42 heavy (non-hydrogen) atoms. The molecule has 0 unspecified atom stereocenters. The number of para-hydroxylation sites is 1. The summed E-state index contributed by atoms with van der Waals surface area (Å²) in [5, 5.41) is 8.57. The van der Waals surface area contributed by atoms with Gasteiger partial charge in [-0.1, -0.05) is 120 Å². The summed E-state index contributed by atoms with van der Waals surface area (Å²) in [6.45, 7) is 2.07. The number of anilines is 1. The van der Waals surface area contributed by atoms with Crippen LogP contribution in [0.1, 0.15) is 39.3 Å². The van der Waals surface area contributed by atoms with Crippen molar-refractivity contribution >= 4 is 52.0 Å². The summed E-state index contributed by atoms with van der Waals surface area (Å²) in [5.41, 5.74) is 6.98. The highest BCUT2D eigenvalue weighted by Crippen LogP contribution is 2.58. The van der Waals surface area contributed by atoms with Crippen molar-refractivity contribution in [1.29, 1.82) is 0 Å². The minimum absolute atomic E-state index is 0.00619. The molecule has 2 atom stereocenters. The number of hydrogen-bond acceptors (Lipinski definition) is 3. The Morgan fingerprint density at radius 3 is 2.05 bits per heavy atom. The van der Waals surface area contributed by atoms with Crippen molar-refractivity contribution in [3.05, 3.63) is 171 Å². The van der Waals surface area contributed by atoms with E-state index in [1.165, 1.54) is 0 Å². The fourth-order valence-corrected chi connectivity index (χ4v) is 6.52. The van der Waals surface area contributed by atoms with Crippen LogP contribution in [0.15, 0.2) is 132 Å². The third-order valence-corrected chi connectivity index (χ3v) is 8.69. The first-order valence-electron chi connectivity index (χ1n) is 13.8. The molecule has 0 aromatic heterocycles. The van der Waals surface area contributed by atoms with Gasteiger partial charge in [0.1, 0.15) is 0 Å². The summed E-state index contributed by atoms with van der Waals surface area (Å²) in [4.78, 5) is 15.3. The summed E-state index contributed by atoms with van der Waals surface area (Å²) < 4.78 is 0. The van der Waals surface area contributed by atoms with Gasteiger partial charge >= 0.3 is 0 Å². The highest BCUT2D eigenvalue weighted by molar-refractivity contribution is 6.37. The summed E-state index contributed by atoms with van der Waals surface area (Å²) in [6, 6.07) is 41.8. The molecular weight excluding hydrogens is 559 g/mol. The van der Waals surface area contributed by atoms with E-state index in [-0.39, 0.29) is 5.78 Å². The Morgan fingerprint density at radius 2 is 1.36 bits per heavy atom. The number of hydrogen-bond donors (Lipinski definition) is 0. The first-order chi connectivity index (χ1) is 20.5. The third kappa shape index (κ3) is 4.20. The molecular formula is C37H26Cl2N2O. The lowest BCUT2D eigenvalue weighted by atomic mass is 9.71. The van der Waals surface area contributed by atoms with Crippen LogP contribution in [0.3, 0.4) is 0 Å². The standard InChI is InChI=1S/C37H26Cl2N2O/c1-24-11-15-27(16-12-24)35-34(26-17-21-29(39)22-18-26)37(41(40-35)30-7-3-2-4-8-30)33-10-6-5-9-31(33)32(36(37)42)23-25-13-19-28(38)20-14-25/h2-23,34H,1H3/b32-23+/t34-,37+/m1/s1. The van der Waals surface area contributed by atoms with Crippen LogP contribution >= 0.6 is 23.2 Å². The first kappa shape index (κ1) is 26.5. The molecule has 0 N–H and O–H groups in total. The number of nitrogens with zero attached hydrogens (tertiary/aromatic N) is 2. The zero-order valence-corrected chi connectivity index (χ0v) is 24.3. The molecule has 5 heteroatoms. The quantitative estimate of drug-likeness (QED) is 0.197. The van der Waals surface area contributed by atoms with Crippen LogP contribution < -0.4 is 5.01 Å². The van der Waals surface area contributed by atoms with Crippen LogP contribution in [-0.2, 0) is 10.3 Å². The lowest BCUT2D eigenvalue weighted by molar-refractivity contribution is -0.118. The number of fused-ring (bicyclic) bond motifs is 2. The van der Waals surface area contributed by atoms with Crippen molar-refractivity contribution in [2.45, 2.75) is 18.4 Å². The fraction of sp³-hybridized carbons (Fsp3) is 0.0811. The number of aryl methyl sites for hydroxylation is 1. The Balaban J connectivity index is 1.54. The maximum atomic E-state index is 15.3. The molecule has 0 fully saturated rings. The molecule has 0 saturated carbocycles. The molecule has 3 nitrogen and oxygen atoms in total. The molecule has 1 aliphatic carbocycles. The number of ketones is 1. The molecule has 0 radical (unpaired) electrons. The largest absolute Gasteiger partial charge is 0.291 e.